The van der Waals surface area contributed by atoms with Gasteiger partial charge in [-0.3, -0.25) is 4.99 Å². The van der Waals surface area contributed by atoms with Gasteiger partial charge in [0, 0.05) is 24.9 Å². The van der Waals surface area contributed by atoms with Gasteiger partial charge in [-0.05, 0) is 36.1 Å². The fraction of sp³-hybridized carbons (Fsp3) is 0.381. The third kappa shape index (κ3) is 6.76. The van der Waals surface area contributed by atoms with Crippen molar-refractivity contribution in [1.29, 1.82) is 0 Å². The molecule has 140 valence electrons. The zero-order valence-electron chi connectivity index (χ0n) is 15.9. The van der Waals surface area contributed by atoms with Crippen LogP contribution in [-0.4, -0.2) is 26.2 Å². The number of nitrogens with one attached hydrogen (secondary N) is 1. The highest BCUT2D eigenvalue weighted by Crippen LogP contribution is 2.16. The Bertz CT molecular complexity index is 697. The van der Waals surface area contributed by atoms with Crippen molar-refractivity contribution in [3.63, 3.8) is 0 Å². The number of nitrogens with zero attached hydrogens (tertiary/aromatic N) is 1. The molecule has 0 aliphatic rings. The van der Waals surface area contributed by atoms with E-state index in [1.54, 1.807) is 7.11 Å². The summed E-state index contributed by atoms with van der Waals surface area (Å²) in [5.74, 6) is 1.83. The second-order valence-corrected chi connectivity index (χ2v) is 6.58. The molecule has 0 spiro atoms. The van der Waals surface area contributed by atoms with Gasteiger partial charge in [-0.25, -0.2) is 0 Å². The molecule has 0 unspecified atom stereocenters. The van der Waals surface area contributed by atoms with E-state index in [0.29, 0.717) is 25.0 Å². The molecule has 0 fully saturated rings. The molecule has 0 atom stereocenters. The highest BCUT2D eigenvalue weighted by atomic mass is 16.5. The molecule has 3 N–H and O–H groups in total. The Balaban J connectivity index is 1.84. The van der Waals surface area contributed by atoms with E-state index in [2.05, 4.69) is 36.3 Å². The van der Waals surface area contributed by atoms with E-state index in [0.717, 1.165) is 30.0 Å². The van der Waals surface area contributed by atoms with Crippen LogP contribution < -0.4 is 15.8 Å². The summed E-state index contributed by atoms with van der Waals surface area (Å²) < 4.78 is 10.9. The molecule has 0 aliphatic carbocycles. The quantitative estimate of drug-likeness (QED) is 0.530. The van der Waals surface area contributed by atoms with Crippen LogP contribution in [0, 0.1) is 5.92 Å². The largest absolute Gasteiger partial charge is 0.493 e. The number of anilines is 1. The number of benzene rings is 2. The Kier molecular flexibility index (Phi) is 7.96. The number of aliphatic imine (C=N–C) groups is 1. The normalized spacial score (nSPS) is 11.6. The average molecular weight is 355 g/mol. The molecule has 0 radical (unpaired) electrons. The first-order valence-electron chi connectivity index (χ1n) is 8.94. The number of methoxy groups -OCH3 is 1. The van der Waals surface area contributed by atoms with E-state index in [9.17, 15) is 0 Å². The van der Waals surface area contributed by atoms with E-state index in [1.165, 1.54) is 5.56 Å². The van der Waals surface area contributed by atoms with Gasteiger partial charge in [-0.2, -0.15) is 0 Å². The van der Waals surface area contributed by atoms with Gasteiger partial charge in [0.15, 0.2) is 5.96 Å². The van der Waals surface area contributed by atoms with Crippen molar-refractivity contribution >= 4 is 11.6 Å². The molecule has 0 heterocycles. The van der Waals surface area contributed by atoms with Gasteiger partial charge in [0.1, 0.15) is 5.75 Å². The summed E-state index contributed by atoms with van der Waals surface area (Å²) in [6, 6.07) is 16.0. The number of ether oxygens (including phenoxy) is 2. The molecule has 0 saturated carbocycles. The fourth-order valence-electron chi connectivity index (χ4n) is 2.42. The molecular weight excluding hydrogens is 326 g/mol. The molecule has 0 aliphatic heterocycles. The molecule has 0 saturated heterocycles. The van der Waals surface area contributed by atoms with E-state index in [1.807, 2.05) is 36.4 Å². The fourth-order valence-corrected chi connectivity index (χ4v) is 2.42. The van der Waals surface area contributed by atoms with Crippen molar-refractivity contribution in [3.8, 4) is 5.75 Å². The molecule has 5 nitrogen and oxygen atoms in total. The third-order valence-electron chi connectivity index (χ3n) is 3.77. The predicted octanol–water partition coefficient (Wildman–Crippen LogP) is 3.84. The molecule has 0 aromatic heterocycles. The monoisotopic (exact) mass is 355 g/mol. The van der Waals surface area contributed by atoms with Gasteiger partial charge in [-0.1, -0.05) is 44.2 Å². The molecule has 5 heteroatoms. The van der Waals surface area contributed by atoms with Crippen LogP contribution in [0.3, 0.4) is 0 Å². The summed E-state index contributed by atoms with van der Waals surface area (Å²) >= 11 is 0. The third-order valence-corrected chi connectivity index (χ3v) is 3.77. The van der Waals surface area contributed by atoms with Crippen molar-refractivity contribution in [1.82, 2.24) is 0 Å². The lowest BCUT2D eigenvalue weighted by atomic mass is 10.1. The van der Waals surface area contributed by atoms with Crippen molar-refractivity contribution < 1.29 is 9.47 Å². The van der Waals surface area contributed by atoms with E-state index < -0.39 is 0 Å². The van der Waals surface area contributed by atoms with Crippen molar-refractivity contribution in [2.24, 2.45) is 16.6 Å². The maximum atomic E-state index is 6.00. The minimum absolute atomic E-state index is 0.408. The predicted molar refractivity (Wildman–Crippen MR) is 108 cm³/mol. The maximum absolute atomic E-state index is 6.00. The Labute approximate surface area is 156 Å². The van der Waals surface area contributed by atoms with E-state index in [-0.39, 0.29) is 0 Å². The van der Waals surface area contributed by atoms with Crippen LogP contribution >= 0.6 is 0 Å². The van der Waals surface area contributed by atoms with Gasteiger partial charge in [0.05, 0.1) is 13.2 Å². The van der Waals surface area contributed by atoms with Crippen LogP contribution in [-0.2, 0) is 17.8 Å². The highest BCUT2D eigenvalue weighted by Gasteiger charge is 2.02. The minimum Gasteiger partial charge on any atom is -0.493 e. The summed E-state index contributed by atoms with van der Waals surface area (Å²) in [5.41, 5.74) is 9.18. The van der Waals surface area contributed by atoms with Crippen molar-refractivity contribution in [2.45, 2.75) is 26.9 Å². The van der Waals surface area contributed by atoms with Crippen molar-refractivity contribution in [3.05, 3.63) is 59.7 Å². The summed E-state index contributed by atoms with van der Waals surface area (Å²) in [6.07, 6.45) is 0.826. The minimum atomic E-state index is 0.408. The second-order valence-electron chi connectivity index (χ2n) is 6.58. The number of guanidine groups is 1. The second kappa shape index (κ2) is 10.5. The summed E-state index contributed by atoms with van der Waals surface area (Å²) in [4.78, 5) is 4.41. The number of hydrogen-bond donors (Lipinski definition) is 2. The number of rotatable bonds is 9. The molecular formula is C21H29N3O2. The van der Waals surface area contributed by atoms with Crippen LogP contribution in [0.15, 0.2) is 53.5 Å². The first-order chi connectivity index (χ1) is 12.6. The zero-order valence-corrected chi connectivity index (χ0v) is 15.9. The SMILES string of the molecule is COCc1ccccc1NC(N)=NCCc1ccc(OCC(C)C)cc1. The first-order valence-corrected chi connectivity index (χ1v) is 8.94. The Morgan fingerprint density at radius 1 is 1.12 bits per heavy atom. The van der Waals surface area contributed by atoms with Crippen LogP contribution in [0.2, 0.25) is 0 Å². The lowest BCUT2D eigenvalue weighted by molar-refractivity contribution is 0.185. The molecule has 2 rings (SSSR count). The lowest BCUT2D eigenvalue weighted by Gasteiger charge is -2.11. The number of hydrogen-bond acceptors (Lipinski definition) is 3. The lowest BCUT2D eigenvalue weighted by Crippen LogP contribution is -2.23. The number of para-hydroxylation sites is 1. The molecule has 2 aromatic carbocycles. The van der Waals surface area contributed by atoms with Crippen LogP contribution in [0.25, 0.3) is 0 Å². The topological polar surface area (TPSA) is 68.9 Å². The van der Waals surface area contributed by atoms with E-state index >= 15 is 0 Å². The molecule has 26 heavy (non-hydrogen) atoms. The van der Waals surface area contributed by atoms with Gasteiger partial charge < -0.3 is 20.5 Å². The summed E-state index contributed by atoms with van der Waals surface area (Å²) in [5, 5.41) is 3.15. The average Bonchev–Trinajstić information content (AvgIpc) is 2.63. The van der Waals surface area contributed by atoms with Gasteiger partial charge in [0.2, 0.25) is 0 Å². The maximum Gasteiger partial charge on any atom is 0.193 e. The molecule has 0 bridgehead atoms. The smallest absolute Gasteiger partial charge is 0.193 e. The van der Waals surface area contributed by atoms with Crippen molar-refractivity contribution in [2.75, 3.05) is 25.6 Å². The highest BCUT2D eigenvalue weighted by molar-refractivity contribution is 5.92. The van der Waals surface area contributed by atoms with Gasteiger partial charge >= 0.3 is 0 Å². The molecule has 0 amide bonds. The van der Waals surface area contributed by atoms with Crippen LogP contribution in [0.5, 0.6) is 5.75 Å². The van der Waals surface area contributed by atoms with E-state index in [4.69, 9.17) is 15.2 Å². The Morgan fingerprint density at radius 3 is 2.54 bits per heavy atom. The number of nitrogens with two attached hydrogens (primary N) is 1. The zero-order chi connectivity index (χ0) is 18.8. The standard InChI is InChI=1S/C21H29N3O2/c1-16(2)14-26-19-10-8-17(9-11-19)12-13-23-21(22)24-20-7-5-4-6-18(20)15-25-3/h4-11,16H,12-15H2,1-3H3,(H3,22,23,24). The summed E-state index contributed by atoms with van der Waals surface area (Å²) in [7, 11) is 1.67. The van der Waals surface area contributed by atoms with Crippen LogP contribution in [0.1, 0.15) is 25.0 Å². The summed E-state index contributed by atoms with van der Waals surface area (Å²) in [6.45, 7) is 6.16. The Morgan fingerprint density at radius 2 is 1.85 bits per heavy atom. The first kappa shape index (κ1) is 19.8. The Hall–Kier alpha value is -2.53. The van der Waals surface area contributed by atoms with Gasteiger partial charge in [0.25, 0.3) is 0 Å². The van der Waals surface area contributed by atoms with Crippen LogP contribution in [0.4, 0.5) is 5.69 Å². The van der Waals surface area contributed by atoms with Gasteiger partial charge in [-0.15, -0.1) is 0 Å². The molecule has 2 aromatic rings.